The molecule has 0 saturated carbocycles. The molecule has 0 aliphatic heterocycles. The van der Waals surface area contributed by atoms with Gasteiger partial charge in [-0.15, -0.1) is 0 Å². The zero-order valence-corrected chi connectivity index (χ0v) is 12.0. The number of nitrogens with one attached hydrogen (secondary N) is 1. The van der Waals surface area contributed by atoms with E-state index in [1.165, 1.54) is 0 Å². The van der Waals surface area contributed by atoms with E-state index in [0.29, 0.717) is 0 Å². The van der Waals surface area contributed by atoms with Crippen LogP contribution in [0, 0.1) is 0 Å². The van der Waals surface area contributed by atoms with Gasteiger partial charge in [0.05, 0.1) is 22.3 Å². The minimum absolute atomic E-state index is 0.760. The molecule has 0 spiro atoms. The summed E-state index contributed by atoms with van der Waals surface area (Å²) in [6.07, 6.45) is 1.61. The fourth-order valence-corrected chi connectivity index (χ4v) is 3.17. The molecule has 102 valence electrons. The topological polar surface area (TPSA) is 54.5 Å². The molecule has 1 N–H and O–H groups in total. The summed E-state index contributed by atoms with van der Waals surface area (Å²) in [4.78, 5) is 16.6. The van der Waals surface area contributed by atoms with Crippen LogP contribution >= 0.6 is 11.8 Å². The highest BCUT2D eigenvalue weighted by Crippen LogP contribution is 2.26. The molecule has 21 heavy (non-hydrogen) atoms. The molecular formula is C16H12N4S. The molecule has 0 atom stereocenters. The van der Waals surface area contributed by atoms with Crippen LogP contribution in [-0.4, -0.2) is 19.9 Å². The Labute approximate surface area is 125 Å². The number of thioether (sulfide) groups is 1. The molecule has 0 unspecified atom stereocenters. The minimum atomic E-state index is 0.760. The molecule has 2 aromatic heterocycles. The van der Waals surface area contributed by atoms with Gasteiger partial charge < -0.3 is 4.98 Å². The predicted octanol–water partition coefficient (Wildman–Crippen LogP) is 3.80. The molecule has 4 nitrogen and oxygen atoms in total. The van der Waals surface area contributed by atoms with E-state index in [0.717, 1.165) is 38.5 Å². The molecular weight excluding hydrogens is 280 g/mol. The highest BCUT2D eigenvalue weighted by Gasteiger charge is 2.06. The Kier molecular flexibility index (Phi) is 3.05. The molecule has 0 fully saturated rings. The number of H-pyrrole nitrogens is 1. The first-order valence-corrected chi connectivity index (χ1v) is 7.65. The van der Waals surface area contributed by atoms with Gasteiger partial charge in [-0.1, -0.05) is 42.1 Å². The second-order valence-corrected chi connectivity index (χ2v) is 5.65. The van der Waals surface area contributed by atoms with Crippen LogP contribution in [-0.2, 0) is 5.75 Å². The predicted molar refractivity (Wildman–Crippen MR) is 85.2 cm³/mol. The smallest absolute Gasteiger partial charge is 0.117 e. The lowest BCUT2D eigenvalue weighted by Crippen LogP contribution is -1.89. The van der Waals surface area contributed by atoms with E-state index in [1.54, 1.807) is 18.1 Å². The third kappa shape index (κ3) is 2.36. The van der Waals surface area contributed by atoms with Crippen molar-refractivity contribution in [2.24, 2.45) is 0 Å². The van der Waals surface area contributed by atoms with Gasteiger partial charge in [0, 0.05) is 5.39 Å². The Morgan fingerprint density at radius 1 is 0.905 bits per heavy atom. The molecule has 0 aliphatic carbocycles. The Morgan fingerprint density at radius 2 is 1.71 bits per heavy atom. The van der Waals surface area contributed by atoms with Gasteiger partial charge in [0.2, 0.25) is 0 Å². The summed E-state index contributed by atoms with van der Waals surface area (Å²) in [5.74, 6) is 1.72. The van der Waals surface area contributed by atoms with Crippen LogP contribution in [0.4, 0.5) is 0 Å². The molecule has 0 aliphatic rings. The Hall–Kier alpha value is -2.40. The molecule has 2 aromatic carbocycles. The summed E-state index contributed by atoms with van der Waals surface area (Å²) < 4.78 is 0. The summed E-state index contributed by atoms with van der Waals surface area (Å²) in [5, 5.41) is 2.07. The number of para-hydroxylation sites is 3. The van der Waals surface area contributed by atoms with E-state index in [4.69, 9.17) is 0 Å². The van der Waals surface area contributed by atoms with Crippen molar-refractivity contribution in [1.29, 1.82) is 0 Å². The van der Waals surface area contributed by atoms with Crippen molar-refractivity contribution in [3.8, 4) is 0 Å². The molecule has 2 heterocycles. The third-order valence-corrected chi connectivity index (χ3v) is 4.31. The maximum absolute atomic E-state index is 4.59. The number of nitrogens with zero attached hydrogens (tertiary/aromatic N) is 3. The van der Waals surface area contributed by atoms with Gasteiger partial charge in [-0.3, -0.25) is 0 Å². The van der Waals surface area contributed by atoms with E-state index in [9.17, 15) is 0 Å². The molecule has 0 saturated heterocycles. The van der Waals surface area contributed by atoms with Gasteiger partial charge in [-0.25, -0.2) is 15.0 Å². The summed E-state index contributed by atoms with van der Waals surface area (Å²) in [5.41, 5.74) is 3.04. The number of benzene rings is 2. The highest BCUT2D eigenvalue weighted by atomic mass is 32.2. The maximum atomic E-state index is 4.59. The van der Waals surface area contributed by atoms with Gasteiger partial charge >= 0.3 is 0 Å². The van der Waals surface area contributed by atoms with Crippen LogP contribution in [0.2, 0.25) is 0 Å². The van der Waals surface area contributed by atoms with Crippen LogP contribution in [0.3, 0.4) is 0 Å². The number of fused-ring (bicyclic) bond motifs is 2. The van der Waals surface area contributed by atoms with Gasteiger partial charge in [-0.05, 0) is 18.2 Å². The first-order valence-electron chi connectivity index (χ1n) is 6.66. The fraction of sp³-hybridized carbons (Fsp3) is 0.0625. The van der Waals surface area contributed by atoms with E-state index in [-0.39, 0.29) is 0 Å². The number of aromatic amines is 1. The van der Waals surface area contributed by atoms with Crippen LogP contribution < -0.4 is 0 Å². The Bertz CT molecular complexity index is 878. The van der Waals surface area contributed by atoms with E-state index < -0.39 is 0 Å². The lowest BCUT2D eigenvalue weighted by Gasteiger charge is -2.02. The van der Waals surface area contributed by atoms with Crippen LogP contribution in [0.15, 0.2) is 59.9 Å². The van der Waals surface area contributed by atoms with E-state index in [2.05, 4.69) is 26.0 Å². The first-order chi connectivity index (χ1) is 10.4. The van der Waals surface area contributed by atoms with Crippen molar-refractivity contribution in [2.75, 3.05) is 0 Å². The van der Waals surface area contributed by atoms with Crippen molar-refractivity contribution in [1.82, 2.24) is 19.9 Å². The second-order valence-electron chi connectivity index (χ2n) is 4.69. The van der Waals surface area contributed by atoms with Crippen molar-refractivity contribution >= 4 is 33.7 Å². The monoisotopic (exact) mass is 292 g/mol. The molecule has 0 radical (unpaired) electrons. The standard InChI is InChI=1S/C16H12N4S/c1-2-6-12-11(5-1)16(18-10-17-12)21-9-15-19-13-7-3-4-8-14(13)20-15/h1-8,10H,9H2,(H,19,20). The average molecular weight is 292 g/mol. The lowest BCUT2D eigenvalue weighted by atomic mass is 10.2. The third-order valence-electron chi connectivity index (χ3n) is 3.29. The largest absolute Gasteiger partial charge is 0.341 e. The average Bonchev–Trinajstić information content (AvgIpc) is 2.96. The summed E-state index contributed by atoms with van der Waals surface area (Å²) in [6, 6.07) is 16.1. The molecule has 4 aromatic rings. The van der Waals surface area contributed by atoms with Crippen molar-refractivity contribution in [3.05, 3.63) is 60.7 Å². The van der Waals surface area contributed by atoms with Crippen LogP contribution in [0.5, 0.6) is 0 Å². The number of imidazole rings is 1. The second kappa shape index (κ2) is 5.18. The van der Waals surface area contributed by atoms with E-state index >= 15 is 0 Å². The van der Waals surface area contributed by atoms with Crippen molar-refractivity contribution in [2.45, 2.75) is 10.8 Å². The summed E-state index contributed by atoms with van der Waals surface area (Å²) >= 11 is 1.67. The summed E-state index contributed by atoms with van der Waals surface area (Å²) in [7, 11) is 0. The van der Waals surface area contributed by atoms with Crippen molar-refractivity contribution < 1.29 is 0 Å². The van der Waals surface area contributed by atoms with Crippen molar-refractivity contribution in [3.63, 3.8) is 0 Å². The lowest BCUT2D eigenvalue weighted by molar-refractivity contribution is 1.09. The molecule has 4 rings (SSSR count). The highest BCUT2D eigenvalue weighted by molar-refractivity contribution is 7.98. The zero-order valence-electron chi connectivity index (χ0n) is 11.2. The molecule has 0 amide bonds. The molecule has 5 heteroatoms. The van der Waals surface area contributed by atoms with Gasteiger partial charge in [-0.2, -0.15) is 0 Å². The molecule has 0 bridgehead atoms. The number of hydrogen-bond acceptors (Lipinski definition) is 4. The Morgan fingerprint density at radius 3 is 2.62 bits per heavy atom. The fourth-order valence-electron chi connectivity index (χ4n) is 2.31. The van der Waals surface area contributed by atoms with Crippen LogP contribution in [0.1, 0.15) is 5.82 Å². The van der Waals surface area contributed by atoms with Gasteiger partial charge in [0.25, 0.3) is 0 Å². The number of rotatable bonds is 3. The Balaban J connectivity index is 1.63. The quantitative estimate of drug-likeness (QED) is 0.461. The van der Waals surface area contributed by atoms with Gasteiger partial charge in [0.1, 0.15) is 17.2 Å². The minimum Gasteiger partial charge on any atom is -0.341 e. The normalized spacial score (nSPS) is 11.2. The van der Waals surface area contributed by atoms with E-state index in [1.807, 2.05) is 42.5 Å². The first kappa shape index (κ1) is 12.3. The summed E-state index contributed by atoms with van der Waals surface area (Å²) in [6.45, 7) is 0. The number of hydrogen-bond donors (Lipinski definition) is 1. The van der Waals surface area contributed by atoms with Gasteiger partial charge in [0.15, 0.2) is 0 Å². The van der Waals surface area contributed by atoms with Crippen LogP contribution in [0.25, 0.3) is 21.9 Å². The maximum Gasteiger partial charge on any atom is 0.117 e. The zero-order chi connectivity index (χ0) is 14.1. The number of aromatic nitrogens is 4. The SMILES string of the molecule is c1ccc2[nH]c(CSc3ncnc4ccccc34)nc2c1.